The fourth-order valence-corrected chi connectivity index (χ4v) is 1.06. The van der Waals surface area contributed by atoms with E-state index in [1.165, 1.54) is 0 Å². The number of halogens is 1. The van der Waals surface area contributed by atoms with Gasteiger partial charge in [-0.3, -0.25) is 0 Å². The first-order chi connectivity index (χ1) is 4.69. The maximum atomic E-state index is 12.8. The highest BCUT2D eigenvalue weighted by Crippen LogP contribution is 2.19. The Balaban J connectivity index is 2.54. The molecule has 0 bridgehead atoms. The second-order valence-electron chi connectivity index (χ2n) is 2.68. The molecule has 2 atom stereocenters. The molecule has 3 nitrogen and oxygen atoms in total. The van der Waals surface area contributed by atoms with Gasteiger partial charge in [-0.1, -0.05) is 0 Å². The van der Waals surface area contributed by atoms with E-state index in [1.807, 2.05) is 0 Å². The van der Waals surface area contributed by atoms with Gasteiger partial charge in [-0.25, -0.2) is 4.39 Å². The van der Waals surface area contributed by atoms with Crippen LogP contribution in [0, 0.1) is 0 Å². The lowest BCUT2D eigenvalue weighted by molar-refractivity contribution is -0.0891. The third-order valence-corrected chi connectivity index (χ3v) is 1.92. The number of aliphatic hydroxyl groups excluding tert-OH is 1. The van der Waals surface area contributed by atoms with Crippen LogP contribution in [0.1, 0.15) is 6.42 Å². The first-order valence-corrected chi connectivity index (χ1v) is 3.37. The summed E-state index contributed by atoms with van der Waals surface area (Å²) in [7, 11) is 0. The van der Waals surface area contributed by atoms with Gasteiger partial charge in [-0.2, -0.15) is 0 Å². The molecule has 60 valence electrons. The van der Waals surface area contributed by atoms with Gasteiger partial charge in [-0.05, 0) is 13.0 Å². The van der Waals surface area contributed by atoms with E-state index in [0.29, 0.717) is 6.54 Å². The molecule has 1 aliphatic rings. The summed E-state index contributed by atoms with van der Waals surface area (Å²) < 4.78 is 12.8. The monoisotopic (exact) mass is 149 g/mol. The molecule has 0 aromatic carbocycles. The van der Waals surface area contributed by atoms with Gasteiger partial charge in [0, 0.05) is 6.54 Å². The van der Waals surface area contributed by atoms with Crippen LogP contribution in [0.5, 0.6) is 0 Å². The summed E-state index contributed by atoms with van der Waals surface area (Å²) in [6.45, 7) is 0.213. The fourth-order valence-electron chi connectivity index (χ4n) is 1.06. The van der Waals surface area contributed by atoms with Crippen molar-refractivity contribution >= 4 is 0 Å². The van der Waals surface area contributed by atoms with Crippen LogP contribution in [0.25, 0.3) is 0 Å². The lowest BCUT2D eigenvalue weighted by atomic mass is 9.92. The zero-order valence-corrected chi connectivity index (χ0v) is 5.68. The van der Waals surface area contributed by atoms with E-state index < -0.39 is 18.4 Å². The van der Waals surface area contributed by atoms with Crippen LogP contribution in [-0.4, -0.2) is 41.7 Å². The number of nitrogens with one attached hydrogen (secondary N) is 1. The highest BCUT2D eigenvalue weighted by Gasteiger charge is 2.38. The molecule has 0 aromatic rings. The second-order valence-corrected chi connectivity index (χ2v) is 2.68. The zero-order valence-electron chi connectivity index (χ0n) is 5.68. The van der Waals surface area contributed by atoms with Crippen molar-refractivity contribution in [2.75, 3.05) is 19.7 Å². The van der Waals surface area contributed by atoms with Crippen molar-refractivity contribution in [2.45, 2.75) is 18.2 Å². The van der Waals surface area contributed by atoms with Crippen LogP contribution in [0.3, 0.4) is 0 Å². The minimum Gasteiger partial charge on any atom is -0.393 e. The maximum absolute atomic E-state index is 12.8. The predicted molar refractivity (Wildman–Crippen MR) is 34.4 cm³/mol. The Morgan fingerprint density at radius 3 is 2.80 bits per heavy atom. The summed E-state index contributed by atoms with van der Waals surface area (Å²) in [5.41, 5.74) is -1.49. The molecule has 1 aliphatic heterocycles. The standard InChI is InChI=1S/C6H12FNO2/c7-5-3-8-2-1-6(5,10)4-9/h5,8-10H,1-4H2/t5-,6+/m1/s1. The van der Waals surface area contributed by atoms with Crippen molar-refractivity contribution in [1.82, 2.24) is 5.32 Å². The molecule has 3 N–H and O–H groups in total. The zero-order chi connectivity index (χ0) is 7.61. The van der Waals surface area contributed by atoms with Crippen LogP contribution in [0.2, 0.25) is 0 Å². The molecule has 0 aromatic heterocycles. The SMILES string of the molecule is OC[C@@]1(O)CCNC[C@H]1F. The quantitative estimate of drug-likeness (QED) is 0.450. The van der Waals surface area contributed by atoms with E-state index in [4.69, 9.17) is 5.11 Å². The molecule has 1 heterocycles. The molecular weight excluding hydrogens is 137 g/mol. The molecule has 0 amide bonds. The average molecular weight is 149 g/mol. The summed E-state index contributed by atoms with van der Waals surface area (Å²) in [4.78, 5) is 0. The van der Waals surface area contributed by atoms with Crippen molar-refractivity contribution in [3.63, 3.8) is 0 Å². The van der Waals surface area contributed by atoms with E-state index in [9.17, 15) is 9.50 Å². The Labute approximate surface area is 58.9 Å². The van der Waals surface area contributed by atoms with Gasteiger partial charge in [0.2, 0.25) is 0 Å². The largest absolute Gasteiger partial charge is 0.393 e. The van der Waals surface area contributed by atoms with E-state index in [2.05, 4.69) is 5.32 Å². The third kappa shape index (κ3) is 1.28. The normalized spacial score (nSPS) is 41.7. The van der Waals surface area contributed by atoms with Crippen LogP contribution >= 0.6 is 0 Å². The number of piperidine rings is 1. The molecular formula is C6H12FNO2. The molecule has 1 saturated heterocycles. The van der Waals surface area contributed by atoms with Crippen LogP contribution in [-0.2, 0) is 0 Å². The second kappa shape index (κ2) is 2.82. The summed E-state index contributed by atoms with van der Waals surface area (Å²) in [6, 6.07) is 0. The van der Waals surface area contributed by atoms with Crippen LogP contribution < -0.4 is 5.32 Å². The molecule has 1 fully saturated rings. The van der Waals surface area contributed by atoms with Gasteiger partial charge in [-0.15, -0.1) is 0 Å². The topological polar surface area (TPSA) is 52.5 Å². The smallest absolute Gasteiger partial charge is 0.143 e. The minimum atomic E-state index is -1.49. The van der Waals surface area contributed by atoms with Crippen LogP contribution in [0.15, 0.2) is 0 Å². The highest BCUT2D eigenvalue weighted by atomic mass is 19.1. The van der Waals surface area contributed by atoms with Gasteiger partial charge < -0.3 is 15.5 Å². The first kappa shape index (κ1) is 7.91. The third-order valence-electron chi connectivity index (χ3n) is 1.92. The summed E-state index contributed by atoms with van der Waals surface area (Å²) in [5.74, 6) is 0. The number of alkyl halides is 1. The van der Waals surface area contributed by atoms with Crippen LogP contribution in [0.4, 0.5) is 4.39 Å². The predicted octanol–water partition coefficient (Wildman–Crippen LogP) is -0.959. The van der Waals surface area contributed by atoms with Crippen molar-refractivity contribution in [3.8, 4) is 0 Å². The number of rotatable bonds is 1. The molecule has 1 rings (SSSR count). The minimum absolute atomic E-state index is 0.136. The van der Waals surface area contributed by atoms with Crippen molar-refractivity contribution in [2.24, 2.45) is 0 Å². The average Bonchev–Trinajstić information content (AvgIpc) is 1.96. The Morgan fingerprint density at radius 1 is 1.70 bits per heavy atom. The highest BCUT2D eigenvalue weighted by molar-refractivity contribution is 4.91. The molecule has 10 heavy (non-hydrogen) atoms. The van der Waals surface area contributed by atoms with E-state index in [-0.39, 0.29) is 13.0 Å². The molecule has 0 saturated carbocycles. The Hall–Kier alpha value is -0.190. The summed E-state index contributed by atoms with van der Waals surface area (Å²) in [6.07, 6.45) is -1.06. The summed E-state index contributed by atoms with van der Waals surface area (Å²) in [5, 5.41) is 20.7. The van der Waals surface area contributed by atoms with Gasteiger partial charge in [0.1, 0.15) is 11.8 Å². The van der Waals surface area contributed by atoms with Crippen molar-refractivity contribution in [3.05, 3.63) is 0 Å². The van der Waals surface area contributed by atoms with Gasteiger partial charge >= 0.3 is 0 Å². The van der Waals surface area contributed by atoms with E-state index >= 15 is 0 Å². The van der Waals surface area contributed by atoms with Crippen molar-refractivity contribution in [1.29, 1.82) is 0 Å². The molecule has 0 radical (unpaired) electrons. The van der Waals surface area contributed by atoms with E-state index in [0.717, 1.165) is 0 Å². The molecule has 0 spiro atoms. The molecule has 0 unspecified atom stereocenters. The molecule has 0 aliphatic carbocycles. The van der Waals surface area contributed by atoms with Gasteiger partial charge in [0.15, 0.2) is 0 Å². The van der Waals surface area contributed by atoms with Gasteiger partial charge in [0.05, 0.1) is 6.61 Å². The number of hydrogen-bond acceptors (Lipinski definition) is 3. The Kier molecular flexibility index (Phi) is 2.23. The van der Waals surface area contributed by atoms with Gasteiger partial charge in [0.25, 0.3) is 0 Å². The van der Waals surface area contributed by atoms with Crippen molar-refractivity contribution < 1.29 is 14.6 Å². The first-order valence-electron chi connectivity index (χ1n) is 3.37. The fraction of sp³-hybridized carbons (Fsp3) is 1.00. The summed E-state index contributed by atoms with van der Waals surface area (Å²) >= 11 is 0. The Morgan fingerprint density at radius 2 is 2.40 bits per heavy atom. The lowest BCUT2D eigenvalue weighted by Crippen LogP contribution is -2.54. The molecule has 4 heteroatoms. The lowest BCUT2D eigenvalue weighted by Gasteiger charge is -2.33. The Bertz CT molecular complexity index is 122. The van der Waals surface area contributed by atoms with E-state index in [1.54, 1.807) is 0 Å². The maximum Gasteiger partial charge on any atom is 0.143 e. The number of hydrogen-bond donors (Lipinski definition) is 3. The number of aliphatic hydroxyl groups is 2.